The molecule has 0 aliphatic carbocycles. The van der Waals surface area contributed by atoms with Crippen LogP contribution >= 0.6 is 0 Å². The smallest absolute Gasteiger partial charge is 0.287 e. The minimum absolute atomic E-state index is 0.0741. The number of hydrogen-bond acceptors (Lipinski definition) is 4. The number of nitrogens with two attached hydrogens (primary N) is 1. The van der Waals surface area contributed by atoms with Gasteiger partial charge in [0.2, 0.25) is 5.82 Å². The van der Waals surface area contributed by atoms with Crippen LogP contribution in [0.15, 0.2) is 6.33 Å². The van der Waals surface area contributed by atoms with Gasteiger partial charge in [-0.05, 0) is 0 Å². The van der Waals surface area contributed by atoms with Gasteiger partial charge in [0.05, 0.1) is 0 Å². The Kier molecular flexibility index (Phi) is 1.63. The first-order chi connectivity index (χ1) is 4.74. The number of nitrogens with one attached hydrogen (secondary N) is 1. The summed E-state index contributed by atoms with van der Waals surface area (Å²) < 4.78 is 1.42. The standard InChI is InChI=1S/C4H7N5O/c1-9-2-6-3(8-9)4(10)7-5/h2H,5H2,1H3,(H,7,10). The van der Waals surface area contributed by atoms with Crippen molar-refractivity contribution in [3.05, 3.63) is 12.2 Å². The van der Waals surface area contributed by atoms with Crippen molar-refractivity contribution in [2.24, 2.45) is 12.9 Å². The van der Waals surface area contributed by atoms with Crippen molar-refractivity contribution in [1.29, 1.82) is 0 Å². The van der Waals surface area contributed by atoms with Gasteiger partial charge in [0.15, 0.2) is 0 Å². The maximum atomic E-state index is 10.7. The van der Waals surface area contributed by atoms with E-state index in [1.54, 1.807) is 7.05 Å². The Labute approximate surface area is 57.0 Å². The molecule has 6 heteroatoms. The number of hydrogen-bond donors (Lipinski definition) is 2. The zero-order valence-electron chi connectivity index (χ0n) is 5.40. The predicted octanol–water partition coefficient (Wildman–Crippen LogP) is -1.58. The largest absolute Gasteiger partial charge is 0.304 e. The number of aryl methyl sites for hydroxylation is 1. The monoisotopic (exact) mass is 141 g/mol. The highest BCUT2D eigenvalue weighted by Gasteiger charge is 2.06. The minimum Gasteiger partial charge on any atom is -0.287 e. The summed E-state index contributed by atoms with van der Waals surface area (Å²) in [4.78, 5) is 14.3. The molecule has 1 amide bonds. The quantitative estimate of drug-likeness (QED) is 0.281. The second-order valence-electron chi connectivity index (χ2n) is 1.72. The molecule has 0 aliphatic heterocycles. The number of amides is 1. The first kappa shape index (κ1) is 6.69. The number of rotatable bonds is 1. The lowest BCUT2D eigenvalue weighted by Gasteiger charge is -1.89. The SMILES string of the molecule is Cn1cnc(C(=O)NN)n1. The highest BCUT2D eigenvalue weighted by molar-refractivity contribution is 5.89. The molecule has 54 valence electrons. The third-order valence-electron chi connectivity index (χ3n) is 0.934. The molecule has 0 unspecified atom stereocenters. The molecule has 0 saturated carbocycles. The second-order valence-corrected chi connectivity index (χ2v) is 1.72. The molecule has 0 aromatic carbocycles. The summed E-state index contributed by atoms with van der Waals surface area (Å²) in [5.41, 5.74) is 1.92. The first-order valence-electron chi connectivity index (χ1n) is 2.60. The van der Waals surface area contributed by atoms with E-state index in [0.29, 0.717) is 0 Å². The number of hydrazine groups is 1. The molecular formula is C4H7N5O. The highest BCUT2D eigenvalue weighted by Crippen LogP contribution is 1.84. The van der Waals surface area contributed by atoms with Crippen LogP contribution in [0.25, 0.3) is 0 Å². The Hall–Kier alpha value is -1.43. The van der Waals surface area contributed by atoms with Crippen LogP contribution in [0.1, 0.15) is 10.6 Å². The molecular weight excluding hydrogens is 134 g/mol. The summed E-state index contributed by atoms with van der Waals surface area (Å²) in [5.74, 6) is 4.41. The second kappa shape index (κ2) is 2.44. The Balaban J connectivity index is 2.85. The molecule has 1 aromatic heterocycles. The fourth-order valence-electron chi connectivity index (χ4n) is 0.508. The van der Waals surface area contributed by atoms with Gasteiger partial charge in [-0.25, -0.2) is 10.8 Å². The molecule has 0 fully saturated rings. The van der Waals surface area contributed by atoms with Crippen LogP contribution in [0.3, 0.4) is 0 Å². The van der Waals surface area contributed by atoms with Crippen molar-refractivity contribution in [1.82, 2.24) is 20.2 Å². The third-order valence-corrected chi connectivity index (χ3v) is 0.934. The average molecular weight is 141 g/mol. The van der Waals surface area contributed by atoms with E-state index in [1.165, 1.54) is 11.0 Å². The molecule has 0 spiro atoms. The maximum absolute atomic E-state index is 10.7. The summed E-state index contributed by atoms with van der Waals surface area (Å²) in [6, 6.07) is 0. The van der Waals surface area contributed by atoms with Crippen molar-refractivity contribution in [2.45, 2.75) is 0 Å². The number of nitrogens with zero attached hydrogens (tertiary/aromatic N) is 3. The third kappa shape index (κ3) is 1.11. The van der Waals surface area contributed by atoms with Gasteiger partial charge in [-0.3, -0.25) is 14.9 Å². The van der Waals surface area contributed by atoms with Crippen molar-refractivity contribution >= 4 is 5.91 Å². The van der Waals surface area contributed by atoms with Crippen molar-refractivity contribution in [2.75, 3.05) is 0 Å². The van der Waals surface area contributed by atoms with E-state index < -0.39 is 5.91 Å². The van der Waals surface area contributed by atoms with E-state index in [1.807, 2.05) is 5.43 Å². The molecule has 0 bridgehead atoms. The van der Waals surface area contributed by atoms with E-state index in [2.05, 4.69) is 10.1 Å². The van der Waals surface area contributed by atoms with Crippen LogP contribution in [0, 0.1) is 0 Å². The van der Waals surface area contributed by atoms with Gasteiger partial charge >= 0.3 is 5.91 Å². The van der Waals surface area contributed by atoms with E-state index in [9.17, 15) is 4.79 Å². The lowest BCUT2D eigenvalue weighted by molar-refractivity contribution is 0.0943. The number of nitrogen functional groups attached to an aromatic ring is 1. The number of carbonyl (C=O) groups excluding carboxylic acids is 1. The van der Waals surface area contributed by atoms with Gasteiger partial charge in [0.25, 0.3) is 0 Å². The molecule has 0 saturated heterocycles. The van der Waals surface area contributed by atoms with E-state index in [4.69, 9.17) is 5.84 Å². The lowest BCUT2D eigenvalue weighted by Crippen LogP contribution is -2.31. The molecule has 6 nitrogen and oxygen atoms in total. The van der Waals surface area contributed by atoms with Crippen LogP contribution in [0.2, 0.25) is 0 Å². The molecule has 1 aromatic rings. The van der Waals surface area contributed by atoms with Crippen molar-refractivity contribution in [3.8, 4) is 0 Å². The molecule has 0 aliphatic rings. The van der Waals surface area contributed by atoms with E-state index >= 15 is 0 Å². The minimum atomic E-state index is -0.486. The normalized spacial score (nSPS) is 9.40. The predicted molar refractivity (Wildman–Crippen MR) is 32.7 cm³/mol. The van der Waals surface area contributed by atoms with Gasteiger partial charge in [-0.1, -0.05) is 0 Å². The first-order valence-corrected chi connectivity index (χ1v) is 2.60. The topological polar surface area (TPSA) is 85.8 Å². The zero-order valence-corrected chi connectivity index (χ0v) is 5.40. The number of carbonyl (C=O) groups is 1. The van der Waals surface area contributed by atoms with Gasteiger partial charge in [0.1, 0.15) is 6.33 Å². The fourth-order valence-corrected chi connectivity index (χ4v) is 0.508. The van der Waals surface area contributed by atoms with Gasteiger partial charge in [0, 0.05) is 7.05 Å². The molecule has 0 radical (unpaired) electrons. The molecule has 1 heterocycles. The Morgan fingerprint density at radius 1 is 1.90 bits per heavy atom. The summed E-state index contributed by atoms with van der Waals surface area (Å²) in [6.45, 7) is 0. The average Bonchev–Trinajstić information content (AvgIpc) is 2.34. The summed E-state index contributed by atoms with van der Waals surface area (Å²) >= 11 is 0. The van der Waals surface area contributed by atoms with Crippen LogP contribution in [0.5, 0.6) is 0 Å². The van der Waals surface area contributed by atoms with Crippen molar-refractivity contribution in [3.63, 3.8) is 0 Å². The zero-order chi connectivity index (χ0) is 7.56. The molecule has 10 heavy (non-hydrogen) atoms. The maximum Gasteiger partial charge on any atom is 0.304 e. The van der Waals surface area contributed by atoms with Gasteiger partial charge < -0.3 is 0 Å². The Bertz CT molecular complexity index is 242. The Morgan fingerprint density at radius 3 is 3.00 bits per heavy atom. The summed E-state index contributed by atoms with van der Waals surface area (Å²) in [6.07, 6.45) is 1.42. The van der Waals surface area contributed by atoms with Crippen LogP contribution in [-0.2, 0) is 7.05 Å². The fraction of sp³-hybridized carbons (Fsp3) is 0.250. The molecule has 0 atom stereocenters. The number of aromatic nitrogens is 3. The van der Waals surface area contributed by atoms with Crippen LogP contribution < -0.4 is 11.3 Å². The Morgan fingerprint density at radius 2 is 2.60 bits per heavy atom. The molecule has 1 rings (SSSR count). The van der Waals surface area contributed by atoms with Crippen LogP contribution in [0.4, 0.5) is 0 Å². The van der Waals surface area contributed by atoms with Gasteiger partial charge in [-0.2, -0.15) is 0 Å². The van der Waals surface area contributed by atoms with E-state index in [0.717, 1.165) is 0 Å². The van der Waals surface area contributed by atoms with Crippen LogP contribution in [-0.4, -0.2) is 20.7 Å². The molecule has 3 N–H and O–H groups in total. The lowest BCUT2D eigenvalue weighted by atomic mass is 10.6. The van der Waals surface area contributed by atoms with E-state index in [-0.39, 0.29) is 5.82 Å². The summed E-state index contributed by atoms with van der Waals surface area (Å²) in [7, 11) is 1.67. The summed E-state index contributed by atoms with van der Waals surface area (Å²) in [5, 5.41) is 3.69. The van der Waals surface area contributed by atoms with Gasteiger partial charge in [-0.15, -0.1) is 5.10 Å². The van der Waals surface area contributed by atoms with Crippen molar-refractivity contribution < 1.29 is 4.79 Å². The highest BCUT2D eigenvalue weighted by atomic mass is 16.2.